The van der Waals surface area contributed by atoms with Crippen LogP contribution in [0, 0.1) is 5.92 Å². The Hall–Kier alpha value is -2.46. The average molecular weight is 463 g/mol. The SMILES string of the molecule is C[C@H](NC(=O)C1CCN(S(=O)(=O)c2ccc(N3CCCC3=O)cc2)CC1)C(=O)NC1CC1. The van der Waals surface area contributed by atoms with Crippen LogP contribution in [0.25, 0.3) is 0 Å². The van der Waals surface area contributed by atoms with Gasteiger partial charge in [-0.2, -0.15) is 4.31 Å². The number of amides is 3. The highest BCUT2D eigenvalue weighted by molar-refractivity contribution is 7.89. The molecule has 0 radical (unpaired) electrons. The first kappa shape index (κ1) is 22.7. The largest absolute Gasteiger partial charge is 0.352 e. The Morgan fingerprint density at radius 1 is 1.03 bits per heavy atom. The van der Waals surface area contributed by atoms with Crippen LogP contribution in [0.15, 0.2) is 29.2 Å². The second kappa shape index (κ2) is 9.19. The van der Waals surface area contributed by atoms with Gasteiger partial charge >= 0.3 is 0 Å². The summed E-state index contributed by atoms with van der Waals surface area (Å²) in [5, 5.41) is 5.62. The number of anilines is 1. The zero-order chi connectivity index (χ0) is 22.9. The van der Waals surface area contributed by atoms with Crippen LogP contribution >= 0.6 is 0 Å². The molecule has 1 aromatic carbocycles. The van der Waals surface area contributed by atoms with Crippen molar-refractivity contribution in [2.75, 3.05) is 24.5 Å². The number of nitrogens with zero attached hydrogens (tertiary/aromatic N) is 2. The van der Waals surface area contributed by atoms with Gasteiger partial charge in [-0.05, 0) is 63.3 Å². The molecule has 3 fully saturated rings. The molecular weight excluding hydrogens is 432 g/mol. The highest BCUT2D eigenvalue weighted by Gasteiger charge is 2.34. The van der Waals surface area contributed by atoms with Gasteiger partial charge < -0.3 is 15.5 Å². The van der Waals surface area contributed by atoms with Crippen molar-refractivity contribution in [3.05, 3.63) is 24.3 Å². The first-order valence-corrected chi connectivity index (χ1v) is 12.7. The number of rotatable bonds is 7. The van der Waals surface area contributed by atoms with E-state index in [4.69, 9.17) is 0 Å². The molecule has 3 amide bonds. The maximum atomic E-state index is 13.0. The van der Waals surface area contributed by atoms with E-state index >= 15 is 0 Å². The molecular formula is C22H30N4O5S. The summed E-state index contributed by atoms with van der Waals surface area (Å²) in [6, 6.07) is 6.05. The van der Waals surface area contributed by atoms with Crippen molar-refractivity contribution < 1.29 is 22.8 Å². The third kappa shape index (κ3) is 4.96. The maximum Gasteiger partial charge on any atom is 0.243 e. The van der Waals surface area contributed by atoms with Gasteiger partial charge in [0.1, 0.15) is 6.04 Å². The molecule has 32 heavy (non-hydrogen) atoms. The van der Waals surface area contributed by atoms with Crippen LogP contribution in [0.1, 0.15) is 45.4 Å². The van der Waals surface area contributed by atoms with Gasteiger partial charge in [-0.1, -0.05) is 0 Å². The molecule has 10 heteroatoms. The predicted octanol–water partition coefficient (Wildman–Crippen LogP) is 0.997. The first-order valence-electron chi connectivity index (χ1n) is 11.3. The minimum absolute atomic E-state index is 0.0558. The molecule has 174 valence electrons. The summed E-state index contributed by atoms with van der Waals surface area (Å²) in [7, 11) is -3.67. The second-order valence-corrected chi connectivity index (χ2v) is 10.8. The van der Waals surface area contributed by atoms with Gasteiger partial charge in [-0.25, -0.2) is 8.42 Å². The van der Waals surface area contributed by atoms with E-state index in [2.05, 4.69) is 10.6 Å². The van der Waals surface area contributed by atoms with Crippen molar-refractivity contribution in [2.24, 2.45) is 5.92 Å². The number of benzene rings is 1. The monoisotopic (exact) mass is 462 g/mol. The van der Waals surface area contributed by atoms with E-state index in [0.29, 0.717) is 31.5 Å². The zero-order valence-electron chi connectivity index (χ0n) is 18.2. The lowest BCUT2D eigenvalue weighted by Crippen LogP contribution is -2.49. The van der Waals surface area contributed by atoms with Crippen molar-refractivity contribution in [3.8, 4) is 0 Å². The fourth-order valence-electron chi connectivity index (χ4n) is 4.18. The summed E-state index contributed by atoms with van der Waals surface area (Å²) in [4.78, 5) is 38.3. The summed E-state index contributed by atoms with van der Waals surface area (Å²) in [5.74, 6) is -0.651. The summed E-state index contributed by atoms with van der Waals surface area (Å²) in [6.07, 6.45) is 4.11. The quantitative estimate of drug-likeness (QED) is 0.627. The van der Waals surface area contributed by atoms with E-state index in [0.717, 1.165) is 19.3 Å². The number of nitrogens with one attached hydrogen (secondary N) is 2. The Kier molecular flexibility index (Phi) is 6.52. The summed E-state index contributed by atoms with van der Waals surface area (Å²) in [5.41, 5.74) is 0.710. The molecule has 2 N–H and O–H groups in total. The lowest BCUT2D eigenvalue weighted by molar-refractivity contribution is -0.131. The number of sulfonamides is 1. The van der Waals surface area contributed by atoms with Crippen LogP contribution in [-0.4, -0.2) is 62.2 Å². The van der Waals surface area contributed by atoms with E-state index in [1.807, 2.05) is 0 Å². The van der Waals surface area contributed by atoms with Crippen molar-refractivity contribution in [2.45, 2.75) is 62.4 Å². The van der Waals surface area contributed by atoms with Crippen LogP contribution in [0.2, 0.25) is 0 Å². The van der Waals surface area contributed by atoms with Crippen molar-refractivity contribution in [1.82, 2.24) is 14.9 Å². The van der Waals surface area contributed by atoms with Gasteiger partial charge in [0.05, 0.1) is 4.90 Å². The Bertz CT molecular complexity index is 982. The van der Waals surface area contributed by atoms with E-state index in [9.17, 15) is 22.8 Å². The topological polar surface area (TPSA) is 116 Å². The molecule has 3 aliphatic rings. The summed E-state index contributed by atoms with van der Waals surface area (Å²) in [6.45, 7) is 2.81. The van der Waals surface area contributed by atoms with Gasteiger partial charge in [0.25, 0.3) is 0 Å². The van der Waals surface area contributed by atoms with Gasteiger partial charge in [-0.3, -0.25) is 14.4 Å². The molecule has 4 rings (SSSR count). The van der Waals surface area contributed by atoms with Gasteiger partial charge in [0.15, 0.2) is 0 Å². The predicted molar refractivity (Wildman–Crippen MR) is 118 cm³/mol. The molecule has 2 saturated heterocycles. The molecule has 1 aromatic rings. The molecule has 0 bridgehead atoms. The molecule has 1 atom stereocenters. The van der Waals surface area contributed by atoms with E-state index in [1.54, 1.807) is 24.0 Å². The Balaban J connectivity index is 1.31. The van der Waals surface area contributed by atoms with Crippen LogP contribution in [-0.2, 0) is 24.4 Å². The standard InChI is InChI=1S/C22H30N4O5S/c1-15(21(28)24-17-4-5-17)23-22(29)16-10-13-25(14-11-16)32(30,31)19-8-6-18(7-9-19)26-12-2-3-20(26)27/h6-9,15-17H,2-5,10-14H2,1H3,(H,23,29)(H,24,28)/t15-/m0/s1. The second-order valence-electron chi connectivity index (χ2n) is 8.83. The molecule has 2 heterocycles. The first-order chi connectivity index (χ1) is 15.3. The smallest absolute Gasteiger partial charge is 0.243 e. The van der Waals surface area contributed by atoms with Gasteiger partial charge in [0.2, 0.25) is 27.7 Å². The Morgan fingerprint density at radius 3 is 2.25 bits per heavy atom. The molecule has 2 aliphatic heterocycles. The van der Waals surface area contributed by atoms with Crippen LogP contribution < -0.4 is 15.5 Å². The third-order valence-electron chi connectivity index (χ3n) is 6.36. The molecule has 1 saturated carbocycles. The zero-order valence-corrected chi connectivity index (χ0v) is 19.1. The van der Waals surface area contributed by atoms with Crippen LogP contribution in [0.4, 0.5) is 5.69 Å². The summed E-state index contributed by atoms with van der Waals surface area (Å²) >= 11 is 0. The van der Waals surface area contributed by atoms with E-state index < -0.39 is 16.1 Å². The molecule has 0 aromatic heterocycles. The number of carbonyl (C=O) groups is 3. The molecule has 0 spiro atoms. The van der Waals surface area contributed by atoms with Crippen LogP contribution in [0.3, 0.4) is 0 Å². The fourth-order valence-corrected chi connectivity index (χ4v) is 5.65. The average Bonchev–Trinajstić information content (AvgIpc) is 3.50. The molecule has 9 nitrogen and oxygen atoms in total. The van der Waals surface area contributed by atoms with E-state index in [-0.39, 0.29) is 47.7 Å². The van der Waals surface area contributed by atoms with Gasteiger partial charge in [0, 0.05) is 43.7 Å². The number of carbonyl (C=O) groups excluding carboxylic acids is 3. The molecule has 1 aliphatic carbocycles. The van der Waals surface area contributed by atoms with E-state index in [1.165, 1.54) is 16.4 Å². The lowest BCUT2D eigenvalue weighted by atomic mass is 9.97. The fraction of sp³-hybridized carbons (Fsp3) is 0.591. The minimum atomic E-state index is -3.67. The highest BCUT2D eigenvalue weighted by atomic mass is 32.2. The lowest BCUT2D eigenvalue weighted by Gasteiger charge is -2.31. The Labute approximate surface area is 188 Å². The van der Waals surface area contributed by atoms with Crippen molar-refractivity contribution in [1.29, 1.82) is 0 Å². The normalized spacial score (nSPS) is 21.4. The Morgan fingerprint density at radius 2 is 1.69 bits per heavy atom. The number of piperidine rings is 1. The van der Waals surface area contributed by atoms with Crippen molar-refractivity contribution >= 4 is 33.4 Å². The summed E-state index contributed by atoms with van der Waals surface area (Å²) < 4.78 is 27.5. The molecule has 0 unspecified atom stereocenters. The van der Waals surface area contributed by atoms with Crippen molar-refractivity contribution in [3.63, 3.8) is 0 Å². The minimum Gasteiger partial charge on any atom is -0.352 e. The third-order valence-corrected chi connectivity index (χ3v) is 8.27. The number of hydrogen-bond acceptors (Lipinski definition) is 5. The number of hydrogen-bond donors (Lipinski definition) is 2. The van der Waals surface area contributed by atoms with Crippen LogP contribution in [0.5, 0.6) is 0 Å². The highest BCUT2D eigenvalue weighted by Crippen LogP contribution is 2.27. The maximum absolute atomic E-state index is 13.0. The van der Waals surface area contributed by atoms with Gasteiger partial charge in [-0.15, -0.1) is 0 Å².